The fraction of sp³-hybridized carbons (Fsp3) is 0.308. The maximum atomic E-state index is 4.00. The number of hydrogen-bond donors (Lipinski definition) is 2. The molecule has 0 spiro atoms. The van der Waals surface area contributed by atoms with Gasteiger partial charge in [0.15, 0.2) is 0 Å². The monoisotopic (exact) mass is 215 g/mol. The number of rotatable bonds is 4. The molecule has 0 bridgehead atoms. The summed E-state index contributed by atoms with van der Waals surface area (Å²) < 4.78 is 0. The highest BCUT2D eigenvalue weighted by Gasteiger charge is 2.00. The van der Waals surface area contributed by atoms with Gasteiger partial charge in [-0.2, -0.15) is 5.10 Å². The summed E-state index contributed by atoms with van der Waals surface area (Å²) in [5.74, 6) is 0. The fourth-order valence-corrected chi connectivity index (χ4v) is 1.69. The van der Waals surface area contributed by atoms with Crippen molar-refractivity contribution in [1.82, 2.24) is 15.5 Å². The topological polar surface area (TPSA) is 40.7 Å². The van der Waals surface area contributed by atoms with Crippen LogP contribution in [0, 0.1) is 13.8 Å². The Hall–Kier alpha value is -1.61. The lowest BCUT2D eigenvalue weighted by atomic mass is 10.1. The predicted octanol–water partition coefficient (Wildman–Crippen LogP) is 2.32. The van der Waals surface area contributed by atoms with Gasteiger partial charge in [0.05, 0.1) is 6.20 Å². The SMILES string of the molecule is Cc1ccccc1CNCc1cn[nH]c1C. The van der Waals surface area contributed by atoms with Crippen molar-refractivity contribution in [3.8, 4) is 0 Å². The second-order valence-electron chi connectivity index (χ2n) is 4.05. The third-order valence-electron chi connectivity index (χ3n) is 2.83. The Morgan fingerprint density at radius 1 is 1.12 bits per heavy atom. The molecule has 0 aliphatic carbocycles. The van der Waals surface area contributed by atoms with Crippen molar-refractivity contribution in [2.45, 2.75) is 26.9 Å². The van der Waals surface area contributed by atoms with Gasteiger partial charge in [0.1, 0.15) is 0 Å². The van der Waals surface area contributed by atoms with Crippen LogP contribution in [0.25, 0.3) is 0 Å². The number of aromatic nitrogens is 2. The second kappa shape index (κ2) is 4.94. The van der Waals surface area contributed by atoms with E-state index >= 15 is 0 Å². The maximum Gasteiger partial charge on any atom is 0.0535 e. The summed E-state index contributed by atoms with van der Waals surface area (Å²) in [4.78, 5) is 0. The Morgan fingerprint density at radius 2 is 1.88 bits per heavy atom. The molecule has 0 aliphatic rings. The molecule has 84 valence electrons. The Morgan fingerprint density at radius 3 is 2.56 bits per heavy atom. The lowest BCUT2D eigenvalue weighted by Gasteiger charge is -2.06. The van der Waals surface area contributed by atoms with E-state index in [2.05, 4.69) is 46.7 Å². The van der Waals surface area contributed by atoms with E-state index in [1.54, 1.807) is 0 Å². The summed E-state index contributed by atoms with van der Waals surface area (Å²) in [6, 6.07) is 8.44. The van der Waals surface area contributed by atoms with E-state index in [-0.39, 0.29) is 0 Å². The standard InChI is InChI=1S/C13H17N3/c1-10-5-3-4-6-12(10)7-14-8-13-9-15-16-11(13)2/h3-6,9,14H,7-8H2,1-2H3,(H,15,16). The second-order valence-corrected chi connectivity index (χ2v) is 4.05. The minimum absolute atomic E-state index is 0.858. The smallest absolute Gasteiger partial charge is 0.0535 e. The van der Waals surface area contributed by atoms with Crippen LogP contribution in [0.4, 0.5) is 0 Å². The minimum atomic E-state index is 0.858. The van der Waals surface area contributed by atoms with Gasteiger partial charge in [-0.1, -0.05) is 24.3 Å². The number of nitrogens with zero attached hydrogens (tertiary/aromatic N) is 1. The van der Waals surface area contributed by atoms with Gasteiger partial charge in [-0.15, -0.1) is 0 Å². The van der Waals surface area contributed by atoms with Crippen molar-refractivity contribution in [3.05, 3.63) is 52.8 Å². The summed E-state index contributed by atoms with van der Waals surface area (Å²) in [6.45, 7) is 5.94. The molecule has 1 heterocycles. The first kappa shape index (κ1) is 10.9. The molecule has 0 aliphatic heterocycles. The van der Waals surface area contributed by atoms with Gasteiger partial charge in [-0.25, -0.2) is 0 Å². The van der Waals surface area contributed by atoms with Gasteiger partial charge in [0, 0.05) is 24.3 Å². The third kappa shape index (κ3) is 2.49. The summed E-state index contributed by atoms with van der Waals surface area (Å²) >= 11 is 0. The lowest BCUT2D eigenvalue weighted by Crippen LogP contribution is -2.13. The first-order chi connectivity index (χ1) is 7.77. The number of nitrogens with one attached hydrogen (secondary N) is 2. The summed E-state index contributed by atoms with van der Waals surface area (Å²) in [5, 5.41) is 10.4. The molecule has 3 nitrogen and oxygen atoms in total. The van der Waals surface area contributed by atoms with E-state index in [1.165, 1.54) is 16.7 Å². The van der Waals surface area contributed by atoms with E-state index in [4.69, 9.17) is 0 Å². The quantitative estimate of drug-likeness (QED) is 0.821. The van der Waals surface area contributed by atoms with Gasteiger partial charge in [0.25, 0.3) is 0 Å². The maximum absolute atomic E-state index is 4.00. The highest BCUT2D eigenvalue weighted by molar-refractivity contribution is 5.25. The van der Waals surface area contributed by atoms with Gasteiger partial charge < -0.3 is 5.32 Å². The number of aromatic amines is 1. The lowest BCUT2D eigenvalue weighted by molar-refractivity contribution is 0.688. The highest BCUT2D eigenvalue weighted by Crippen LogP contribution is 2.07. The molecular weight excluding hydrogens is 198 g/mol. The molecule has 0 unspecified atom stereocenters. The molecule has 1 aromatic carbocycles. The zero-order valence-corrected chi connectivity index (χ0v) is 9.75. The van der Waals surface area contributed by atoms with Crippen LogP contribution < -0.4 is 5.32 Å². The van der Waals surface area contributed by atoms with E-state index in [0.29, 0.717) is 0 Å². The number of H-pyrrole nitrogens is 1. The average Bonchev–Trinajstić information content (AvgIpc) is 2.67. The van der Waals surface area contributed by atoms with Crippen molar-refractivity contribution in [2.24, 2.45) is 0 Å². The molecule has 2 rings (SSSR count). The van der Waals surface area contributed by atoms with Crippen molar-refractivity contribution >= 4 is 0 Å². The molecule has 0 atom stereocenters. The molecule has 2 N–H and O–H groups in total. The van der Waals surface area contributed by atoms with Crippen molar-refractivity contribution in [1.29, 1.82) is 0 Å². The third-order valence-corrected chi connectivity index (χ3v) is 2.83. The molecule has 1 aromatic heterocycles. The van der Waals surface area contributed by atoms with E-state index in [1.807, 2.05) is 13.1 Å². The summed E-state index contributed by atoms with van der Waals surface area (Å²) in [7, 11) is 0. The average molecular weight is 215 g/mol. The van der Waals surface area contributed by atoms with Crippen LogP contribution in [-0.4, -0.2) is 10.2 Å². The van der Waals surface area contributed by atoms with E-state index in [0.717, 1.165) is 18.8 Å². The van der Waals surface area contributed by atoms with Gasteiger partial charge in [0.2, 0.25) is 0 Å². The van der Waals surface area contributed by atoms with Crippen LogP contribution in [0.1, 0.15) is 22.4 Å². The Kier molecular flexibility index (Phi) is 3.37. The first-order valence-electron chi connectivity index (χ1n) is 5.51. The van der Waals surface area contributed by atoms with Crippen LogP contribution in [-0.2, 0) is 13.1 Å². The predicted molar refractivity (Wildman–Crippen MR) is 65.0 cm³/mol. The number of benzene rings is 1. The molecule has 0 saturated carbocycles. The Bertz CT molecular complexity index is 460. The van der Waals surface area contributed by atoms with Crippen LogP contribution in [0.3, 0.4) is 0 Å². The first-order valence-corrected chi connectivity index (χ1v) is 5.51. The van der Waals surface area contributed by atoms with Gasteiger partial charge in [-0.05, 0) is 25.0 Å². The van der Waals surface area contributed by atoms with Crippen LogP contribution in [0.5, 0.6) is 0 Å². The number of hydrogen-bond acceptors (Lipinski definition) is 2. The van der Waals surface area contributed by atoms with Crippen molar-refractivity contribution < 1.29 is 0 Å². The molecule has 0 amide bonds. The summed E-state index contributed by atoms with van der Waals surface area (Å²) in [5.41, 5.74) is 5.05. The molecule has 0 fully saturated rings. The molecule has 3 heteroatoms. The van der Waals surface area contributed by atoms with Crippen LogP contribution in [0.2, 0.25) is 0 Å². The fourth-order valence-electron chi connectivity index (χ4n) is 1.69. The Balaban J connectivity index is 1.89. The largest absolute Gasteiger partial charge is 0.308 e. The molecule has 16 heavy (non-hydrogen) atoms. The normalized spacial score (nSPS) is 10.6. The van der Waals surface area contributed by atoms with Crippen LogP contribution in [0.15, 0.2) is 30.5 Å². The van der Waals surface area contributed by atoms with Crippen molar-refractivity contribution in [2.75, 3.05) is 0 Å². The molecule has 2 aromatic rings. The molecule has 0 saturated heterocycles. The zero-order chi connectivity index (χ0) is 11.4. The summed E-state index contributed by atoms with van der Waals surface area (Å²) in [6.07, 6.45) is 1.88. The van der Waals surface area contributed by atoms with Gasteiger partial charge in [-0.3, -0.25) is 5.10 Å². The molecular formula is C13H17N3. The van der Waals surface area contributed by atoms with Crippen molar-refractivity contribution in [3.63, 3.8) is 0 Å². The number of aryl methyl sites for hydroxylation is 2. The molecule has 0 radical (unpaired) electrons. The minimum Gasteiger partial charge on any atom is -0.308 e. The Labute approximate surface area is 95.9 Å². The van der Waals surface area contributed by atoms with E-state index < -0.39 is 0 Å². The van der Waals surface area contributed by atoms with Gasteiger partial charge >= 0.3 is 0 Å². The van der Waals surface area contributed by atoms with E-state index in [9.17, 15) is 0 Å². The van der Waals surface area contributed by atoms with Crippen LogP contribution >= 0.6 is 0 Å². The highest BCUT2D eigenvalue weighted by atomic mass is 15.1. The zero-order valence-electron chi connectivity index (χ0n) is 9.75.